The molecule has 0 radical (unpaired) electrons. The molecule has 0 atom stereocenters. The predicted molar refractivity (Wildman–Crippen MR) is 138 cm³/mol. The first-order chi connectivity index (χ1) is 16.2. The first-order valence-corrected chi connectivity index (χ1v) is 12.0. The summed E-state index contributed by atoms with van der Waals surface area (Å²) in [6.07, 6.45) is 1.43. The van der Waals surface area contributed by atoms with E-state index >= 15 is 0 Å². The zero-order chi connectivity index (χ0) is 24.4. The van der Waals surface area contributed by atoms with E-state index in [2.05, 4.69) is 37.2 Å². The van der Waals surface area contributed by atoms with E-state index in [0.29, 0.717) is 38.7 Å². The fraction of sp³-hybridized carbons (Fsp3) is 0.0800. The quantitative estimate of drug-likeness (QED) is 0.270. The summed E-state index contributed by atoms with van der Waals surface area (Å²) in [5.74, 6) is -0.890. The molecular formula is C25H17Br2ClN2O4. The number of carbonyl (C=O) groups is 3. The van der Waals surface area contributed by atoms with Crippen molar-refractivity contribution in [2.45, 2.75) is 13.5 Å². The standard InChI is InChI=1S/C25H17Br2ClN2O4/c1-14-2-8-18(28)12-21(14)30-24(32)19(23(31)29-25(30)33)10-16-5-9-22(20(27)11-16)34-13-15-3-6-17(26)7-4-15/h2-12H,13H2,1H3,(H,29,31,33)/b19-10+. The molecule has 3 aromatic rings. The van der Waals surface area contributed by atoms with Crippen molar-refractivity contribution < 1.29 is 19.1 Å². The van der Waals surface area contributed by atoms with Crippen molar-refractivity contribution >= 4 is 73.1 Å². The second-order valence-corrected chi connectivity index (χ2v) is 9.70. The summed E-state index contributed by atoms with van der Waals surface area (Å²) in [5.41, 5.74) is 2.39. The molecule has 4 amide bonds. The lowest BCUT2D eigenvalue weighted by atomic mass is 10.1. The van der Waals surface area contributed by atoms with Gasteiger partial charge in [0.25, 0.3) is 11.8 Å². The molecule has 0 unspecified atom stereocenters. The third kappa shape index (κ3) is 5.24. The number of hydrogen-bond donors (Lipinski definition) is 1. The van der Waals surface area contributed by atoms with Crippen LogP contribution >= 0.6 is 43.5 Å². The number of ether oxygens (including phenoxy) is 1. The Morgan fingerprint density at radius 2 is 1.74 bits per heavy atom. The van der Waals surface area contributed by atoms with Crippen LogP contribution in [0, 0.1) is 6.92 Å². The van der Waals surface area contributed by atoms with Gasteiger partial charge in [0.1, 0.15) is 17.9 Å². The molecule has 4 rings (SSSR count). The van der Waals surface area contributed by atoms with E-state index < -0.39 is 17.8 Å². The highest BCUT2D eigenvalue weighted by Gasteiger charge is 2.37. The fourth-order valence-electron chi connectivity index (χ4n) is 3.33. The van der Waals surface area contributed by atoms with E-state index in [0.717, 1.165) is 14.9 Å². The van der Waals surface area contributed by atoms with Gasteiger partial charge in [0.05, 0.1) is 10.2 Å². The van der Waals surface area contributed by atoms with Crippen molar-refractivity contribution in [2.75, 3.05) is 4.90 Å². The molecule has 0 aliphatic carbocycles. The Labute approximate surface area is 217 Å². The molecule has 0 saturated carbocycles. The van der Waals surface area contributed by atoms with E-state index in [1.54, 1.807) is 37.3 Å². The van der Waals surface area contributed by atoms with E-state index in [1.807, 2.05) is 24.3 Å². The molecule has 0 bridgehead atoms. The molecule has 1 heterocycles. The van der Waals surface area contributed by atoms with E-state index in [-0.39, 0.29) is 5.57 Å². The zero-order valence-electron chi connectivity index (χ0n) is 17.8. The molecule has 172 valence electrons. The van der Waals surface area contributed by atoms with Gasteiger partial charge in [-0.1, -0.05) is 51.8 Å². The van der Waals surface area contributed by atoms with Crippen molar-refractivity contribution in [3.63, 3.8) is 0 Å². The van der Waals surface area contributed by atoms with Gasteiger partial charge in [-0.15, -0.1) is 0 Å². The molecule has 6 nitrogen and oxygen atoms in total. The number of nitrogens with one attached hydrogen (secondary N) is 1. The summed E-state index contributed by atoms with van der Waals surface area (Å²) in [6, 6.07) is 17.0. The summed E-state index contributed by atoms with van der Waals surface area (Å²) >= 11 is 12.9. The Hall–Kier alpha value is -2.94. The van der Waals surface area contributed by atoms with Gasteiger partial charge >= 0.3 is 6.03 Å². The lowest BCUT2D eigenvalue weighted by Gasteiger charge is -2.27. The minimum atomic E-state index is -0.824. The maximum absolute atomic E-state index is 13.1. The molecule has 9 heteroatoms. The minimum absolute atomic E-state index is 0.172. The second-order valence-electron chi connectivity index (χ2n) is 7.49. The number of urea groups is 1. The third-order valence-electron chi connectivity index (χ3n) is 5.09. The minimum Gasteiger partial charge on any atom is -0.488 e. The van der Waals surface area contributed by atoms with Crippen molar-refractivity contribution in [3.8, 4) is 5.75 Å². The fourth-order valence-corrected chi connectivity index (χ4v) is 4.27. The van der Waals surface area contributed by atoms with Crippen LogP contribution in [0.25, 0.3) is 6.08 Å². The number of benzene rings is 3. The number of carbonyl (C=O) groups excluding carboxylic acids is 3. The highest BCUT2D eigenvalue weighted by atomic mass is 79.9. The smallest absolute Gasteiger partial charge is 0.335 e. The largest absolute Gasteiger partial charge is 0.488 e. The Kier molecular flexibility index (Phi) is 7.21. The molecule has 0 aromatic heterocycles. The number of rotatable bonds is 5. The number of aryl methyl sites for hydroxylation is 1. The summed E-state index contributed by atoms with van der Waals surface area (Å²) in [4.78, 5) is 39.0. The van der Waals surface area contributed by atoms with E-state index in [9.17, 15) is 14.4 Å². The van der Waals surface area contributed by atoms with Gasteiger partial charge in [0.15, 0.2) is 0 Å². The van der Waals surface area contributed by atoms with Crippen LogP contribution in [0.2, 0.25) is 5.02 Å². The number of amides is 4. The molecule has 3 aromatic carbocycles. The van der Waals surface area contributed by atoms with Gasteiger partial charge in [-0.2, -0.15) is 0 Å². The zero-order valence-corrected chi connectivity index (χ0v) is 21.7. The van der Waals surface area contributed by atoms with Crippen molar-refractivity contribution in [1.82, 2.24) is 5.32 Å². The Bertz CT molecular complexity index is 1340. The Morgan fingerprint density at radius 3 is 2.44 bits per heavy atom. The molecule has 1 aliphatic rings. The van der Waals surface area contributed by atoms with Crippen LogP contribution in [0.15, 0.2) is 75.2 Å². The molecule has 1 saturated heterocycles. The van der Waals surface area contributed by atoms with Crippen LogP contribution in [0.5, 0.6) is 5.75 Å². The number of nitrogens with zero attached hydrogens (tertiary/aromatic N) is 1. The third-order valence-corrected chi connectivity index (χ3v) is 6.47. The van der Waals surface area contributed by atoms with Gasteiger partial charge in [0.2, 0.25) is 0 Å². The normalized spacial score (nSPS) is 15.0. The summed E-state index contributed by atoms with van der Waals surface area (Å²) < 4.78 is 7.51. The van der Waals surface area contributed by atoms with Crippen LogP contribution in [0.4, 0.5) is 10.5 Å². The van der Waals surface area contributed by atoms with Crippen LogP contribution in [0.3, 0.4) is 0 Å². The van der Waals surface area contributed by atoms with Gasteiger partial charge in [-0.05, 0) is 82.0 Å². The van der Waals surface area contributed by atoms with Crippen LogP contribution in [-0.2, 0) is 16.2 Å². The van der Waals surface area contributed by atoms with Crippen LogP contribution in [0.1, 0.15) is 16.7 Å². The number of halogens is 3. The molecule has 34 heavy (non-hydrogen) atoms. The first-order valence-electron chi connectivity index (χ1n) is 10.1. The molecule has 1 fully saturated rings. The van der Waals surface area contributed by atoms with Gasteiger partial charge < -0.3 is 4.74 Å². The summed E-state index contributed by atoms with van der Waals surface area (Å²) in [5, 5.41) is 2.59. The number of hydrogen-bond acceptors (Lipinski definition) is 4. The first kappa shape index (κ1) is 24.2. The maximum Gasteiger partial charge on any atom is 0.335 e. The van der Waals surface area contributed by atoms with Gasteiger partial charge in [-0.3, -0.25) is 14.9 Å². The van der Waals surface area contributed by atoms with Crippen molar-refractivity contribution in [3.05, 3.63) is 96.9 Å². The number of anilines is 1. The average molecular weight is 605 g/mol. The lowest BCUT2D eigenvalue weighted by Crippen LogP contribution is -2.54. The summed E-state index contributed by atoms with van der Waals surface area (Å²) in [6.45, 7) is 2.12. The monoisotopic (exact) mass is 602 g/mol. The molecule has 0 spiro atoms. The Balaban J connectivity index is 1.58. The molecule has 1 N–H and O–H groups in total. The highest BCUT2D eigenvalue weighted by molar-refractivity contribution is 9.10. The average Bonchev–Trinajstić information content (AvgIpc) is 2.79. The molecule has 1 aliphatic heterocycles. The van der Waals surface area contributed by atoms with E-state index in [1.165, 1.54) is 12.1 Å². The number of barbiturate groups is 1. The second kappa shape index (κ2) is 10.1. The highest BCUT2D eigenvalue weighted by Crippen LogP contribution is 2.30. The maximum atomic E-state index is 13.1. The lowest BCUT2D eigenvalue weighted by molar-refractivity contribution is -0.122. The summed E-state index contributed by atoms with van der Waals surface area (Å²) in [7, 11) is 0. The van der Waals surface area contributed by atoms with Gasteiger partial charge in [0, 0.05) is 9.50 Å². The van der Waals surface area contributed by atoms with Crippen LogP contribution < -0.4 is 15.0 Å². The van der Waals surface area contributed by atoms with Crippen molar-refractivity contribution in [1.29, 1.82) is 0 Å². The van der Waals surface area contributed by atoms with Gasteiger partial charge in [-0.25, -0.2) is 9.69 Å². The van der Waals surface area contributed by atoms with Crippen LogP contribution in [-0.4, -0.2) is 17.8 Å². The van der Waals surface area contributed by atoms with Crippen molar-refractivity contribution in [2.24, 2.45) is 0 Å². The van der Waals surface area contributed by atoms with E-state index in [4.69, 9.17) is 16.3 Å². The predicted octanol–water partition coefficient (Wildman–Crippen LogP) is 6.42. The Morgan fingerprint density at radius 1 is 1.00 bits per heavy atom. The number of imide groups is 2. The SMILES string of the molecule is Cc1ccc(Cl)cc1N1C(=O)NC(=O)/C(=C\c2ccc(OCc3ccc(Br)cc3)c(Br)c2)C1=O. The topological polar surface area (TPSA) is 75.7 Å². The molecular weight excluding hydrogens is 588 g/mol.